The number of para-hydroxylation sites is 1. The van der Waals surface area contributed by atoms with Gasteiger partial charge in [-0.05, 0) is 30.2 Å². The lowest BCUT2D eigenvalue weighted by Crippen LogP contribution is -2.41. The molecule has 2 aromatic carbocycles. The Morgan fingerprint density at radius 1 is 1.07 bits per heavy atom. The molecule has 27 heavy (non-hydrogen) atoms. The summed E-state index contributed by atoms with van der Waals surface area (Å²) in [5.74, 6) is 0.794. The molecule has 1 N–H and O–H groups in total. The lowest BCUT2D eigenvalue weighted by Gasteiger charge is -2.22. The molecule has 144 valence electrons. The zero-order valence-electron chi connectivity index (χ0n) is 15.7. The van der Waals surface area contributed by atoms with E-state index in [9.17, 15) is 4.79 Å². The Hall–Kier alpha value is -2.24. The first-order valence-corrected chi connectivity index (χ1v) is 9.65. The molecule has 1 heterocycles. The Morgan fingerprint density at radius 2 is 1.85 bits per heavy atom. The van der Waals surface area contributed by atoms with Crippen molar-refractivity contribution in [3.63, 3.8) is 0 Å². The van der Waals surface area contributed by atoms with Crippen LogP contribution in [0.3, 0.4) is 0 Å². The third-order valence-electron chi connectivity index (χ3n) is 4.82. The van der Waals surface area contributed by atoms with Crippen molar-refractivity contribution in [1.82, 2.24) is 15.1 Å². The second-order valence-corrected chi connectivity index (χ2v) is 7.15. The zero-order valence-corrected chi connectivity index (χ0v) is 16.4. The molecule has 0 bridgehead atoms. The van der Waals surface area contributed by atoms with E-state index in [-0.39, 0.29) is 6.03 Å². The van der Waals surface area contributed by atoms with Crippen LogP contribution in [0, 0.1) is 0 Å². The molecule has 5 nitrogen and oxygen atoms in total. The van der Waals surface area contributed by atoms with E-state index in [4.69, 9.17) is 16.3 Å². The molecule has 6 heteroatoms. The average Bonchev–Trinajstić information content (AvgIpc) is 2.94. The van der Waals surface area contributed by atoms with Crippen LogP contribution < -0.4 is 10.1 Å². The lowest BCUT2D eigenvalue weighted by molar-refractivity contribution is 0.197. The number of rotatable bonds is 5. The summed E-state index contributed by atoms with van der Waals surface area (Å²) in [6.45, 7) is 4.70. The van der Waals surface area contributed by atoms with Gasteiger partial charge in [0.1, 0.15) is 5.75 Å². The topological polar surface area (TPSA) is 44.8 Å². The number of urea groups is 1. The Kier molecular flexibility index (Phi) is 6.96. The van der Waals surface area contributed by atoms with Crippen molar-refractivity contribution in [3.05, 3.63) is 64.7 Å². The molecule has 2 amide bonds. The van der Waals surface area contributed by atoms with E-state index in [1.165, 1.54) is 5.56 Å². The van der Waals surface area contributed by atoms with Crippen molar-refractivity contribution in [2.24, 2.45) is 0 Å². The number of methoxy groups -OCH3 is 1. The van der Waals surface area contributed by atoms with E-state index in [2.05, 4.69) is 22.3 Å². The standard InChI is InChI=1S/C21H26ClN3O2/c1-27-20-6-3-2-5-18(20)15-23-21(26)25-12-4-11-24(13-14-25)16-17-7-9-19(22)10-8-17/h2-3,5-10H,4,11-16H2,1H3,(H,23,26). The van der Waals surface area contributed by atoms with Crippen molar-refractivity contribution in [2.75, 3.05) is 33.3 Å². The monoisotopic (exact) mass is 387 g/mol. The smallest absolute Gasteiger partial charge is 0.317 e. The molecule has 1 aliphatic rings. The number of carbonyl (C=O) groups is 1. The molecule has 3 rings (SSSR count). The maximum atomic E-state index is 12.6. The number of hydrogen-bond donors (Lipinski definition) is 1. The molecule has 1 fully saturated rings. The maximum absolute atomic E-state index is 12.6. The van der Waals surface area contributed by atoms with Crippen molar-refractivity contribution in [3.8, 4) is 5.75 Å². The Morgan fingerprint density at radius 3 is 2.63 bits per heavy atom. The lowest BCUT2D eigenvalue weighted by atomic mass is 10.2. The molecule has 0 aliphatic carbocycles. The van der Waals surface area contributed by atoms with Crippen molar-refractivity contribution < 1.29 is 9.53 Å². The van der Waals surface area contributed by atoms with E-state index in [1.54, 1.807) is 7.11 Å². The summed E-state index contributed by atoms with van der Waals surface area (Å²) in [7, 11) is 1.64. The summed E-state index contributed by atoms with van der Waals surface area (Å²) in [6.07, 6.45) is 0.968. The fourth-order valence-corrected chi connectivity index (χ4v) is 3.44. The van der Waals surface area contributed by atoms with E-state index in [1.807, 2.05) is 41.3 Å². The second kappa shape index (κ2) is 9.62. The molecular formula is C21H26ClN3O2. The van der Waals surface area contributed by atoms with Gasteiger partial charge in [-0.15, -0.1) is 0 Å². The first-order valence-electron chi connectivity index (χ1n) is 9.27. The van der Waals surface area contributed by atoms with Crippen LogP contribution in [0.4, 0.5) is 4.79 Å². The SMILES string of the molecule is COc1ccccc1CNC(=O)N1CCCN(Cc2ccc(Cl)cc2)CC1. The van der Waals surface area contributed by atoms with Crippen molar-refractivity contribution >= 4 is 17.6 Å². The van der Waals surface area contributed by atoms with Crippen LogP contribution in [0.15, 0.2) is 48.5 Å². The van der Waals surface area contributed by atoms with E-state index in [0.717, 1.165) is 55.5 Å². The number of amides is 2. The molecule has 0 saturated carbocycles. The summed E-state index contributed by atoms with van der Waals surface area (Å²) < 4.78 is 5.34. The summed E-state index contributed by atoms with van der Waals surface area (Å²) in [6, 6.07) is 15.7. The summed E-state index contributed by atoms with van der Waals surface area (Å²) in [5, 5.41) is 3.77. The van der Waals surface area contributed by atoms with Gasteiger partial charge in [-0.3, -0.25) is 4.90 Å². The van der Waals surface area contributed by atoms with Gasteiger partial charge in [-0.25, -0.2) is 4.79 Å². The summed E-state index contributed by atoms with van der Waals surface area (Å²) >= 11 is 5.95. The van der Waals surface area contributed by atoms with Gasteiger partial charge in [0.2, 0.25) is 0 Å². The number of halogens is 1. The number of carbonyl (C=O) groups excluding carboxylic acids is 1. The molecule has 0 aromatic heterocycles. The van der Waals surface area contributed by atoms with Crippen LogP contribution in [0.1, 0.15) is 17.5 Å². The van der Waals surface area contributed by atoms with Crippen molar-refractivity contribution in [2.45, 2.75) is 19.5 Å². The molecule has 1 aliphatic heterocycles. The predicted molar refractivity (Wildman–Crippen MR) is 108 cm³/mol. The van der Waals surface area contributed by atoms with Crippen LogP contribution in [0.2, 0.25) is 5.02 Å². The third kappa shape index (κ3) is 5.62. The number of ether oxygens (including phenoxy) is 1. The largest absolute Gasteiger partial charge is 0.496 e. The molecule has 0 atom stereocenters. The Balaban J connectivity index is 1.49. The van der Waals surface area contributed by atoms with Gasteiger partial charge >= 0.3 is 6.03 Å². The first kappa shape index (κ1) is 19.5. The molecule has 0 spiro atoms. The fourth-order valence-electron chi connectivity index (χ4n) is 3.31. The van der Waals surface area contributed by atoms with Crippen LogP contribution in [0.5, 0.6) is 5.75 Å². The van der Waals surface area contributed by atoms with Crippen LogP contribution >= 0.6 is 11.6 Å². The average molecular weight is 388 g/mol. The van der Waals surface area contributed by atoms with Crippen molar-refractivity contribution in [1.29, 1.82) is 0 Å². The molecule has 0 radical (unpaired) electrons. The number of nitrogens with zero attached hydrogens (tertiary/aromatic N) is 2. The predicted octanol–water partition coefficient (Wildman–Crippen LogP) is 3.77. The number of hydrogen-bond acceptors (Lipinski definition) is 3. The van der Waals surface area contributed by atoms with Gasteiger partial charge in [-0.1, -0.05) is 41.9 Å². The Labute approximate surface area is 165 Å². The minimum absolute atomic E-state index is 0.0192. The molecule has 2 aromatic rings. The quantitative estimate of drug-likeness (QED) is 0.849. The summed E-state index contributed by atoms with van der Waals surface area (Å²) in [5.41, 5.74) is 2.22. The molecular weight excluding hydrogens is 362 g/mol. The third-order valence-corrected chi connectivity index (χ3v) is 5.07. The minimum Gasteiger partial charge on any atom is -0.496 e. The first-order chi connectivity index (χ1) is 13.2. The van der Waals surface area contributed by atoms with Gasteiger partial charge in [0, 0.05) is 49.9 Å². The van der Waals surface area contributed by atoms with Crippen LogP contribution in [-0.4, -0.2) is 49.1 Å². The highest BCUT2D eigenvalue weighted by molar-refractivity contribution is 6.30. The van der Waals surface area contributed by atoms with Gasteiger partial charge in [0.05, 0.1) is 7.11 Å². The maximum Gasteiger partial charge on any atom is 0.317 e. The summed E-state index contributed by atoms with van der Waals surface area (Å²) in [4.78, 5) is 16.9. The highest BCUT2D eigenvalue weighted by Crippen LogP contribution is 2.17. The highest BCUT2D eigenvalue weighted by atomic mass is 35.5. The molecule has 0 unspecified atom stereocenters. The van der Waals surface area contributed by atoms with Gasteiger partial charge in [0.25, 0.3) is 0 Å². The fraction of sp³-hybridized carbons (Fsp3) is 0.381. The van der Waals surface area contributed by atoms with Crippen LogP contribution in [-0.2, 0) is 13.1 Å². The van der Waals surface area contributed by atoms with Gasteiger partial charge < -0.3 is 15.0 Å². The highest BCUT2D eigenvalue weighted by Gasteiger charge is 2.19. The normalized spacial score (nSPS) is 15.3. The second-order valence-electron chi connectivity index (χ2n) is 6.71. The van der Waals surface area contributed by atoms with E-state index < -0.39 is 0 Å². The number of nitrogens with one attached hydrogen (secondary N) is 1. The van der Waals surface area contributed by atoms with E-state index >= 15 is 0 Å². The Bertz CT molecular complexity index is 751. The minimum atomic E-state index is -0.0192. The van der Waals surface area contributed by atoms with Crippen LogP contribution in [0.25, 0.3) is 0 Å². The van der Waals surface area contributed by atoms with Gasteiger partial charge in [-0.2, -0.15) is 0 Å². The van der Waals surface area contributed by atoms with Gasteiger partial charge in [0.15, 0.2) is 0 Å². The van der Waals surface area contributed by atoms with E-state index in [0.29, 0.717) is 6.54 Å². The number of benzene rings is 2. The zero-order chi connectivity index (χ0) is 19.1. The molecule has 1 saturated heterocycles.